The second-order valence-electron chi connectivity index (χ2n) is 26.5. The number of fused-ring (bicyclic) bond motifs is 2. The van der Waals surface area contributed by atoms with Crippen molar-refractivity contribution in [2.45, 2.75) is 274 Å². The molecular formula is C55H96O11Si3. The second kappa shape index (κ2) is 22.0. The van der Waals surface area contributed by atoms with E-state index in [4.69, 9.17) is 41.7 Å². The number of carbonyl (C=O) groups excluding carboxylic acids is 2. The first-order valence-corrected chi connectivity index (χ1v) is 35.4. The van der Waals surface area contributed by atoms with Crippen molar-refractivity contribution >= 4 is 36.5 Å². The number of Topliss-reactive ketones (excluding diaryl/α,β-unsaturated/α-hetero) is 1. The fraction of sp³-hybridized carbons (Fsp3) is 0.855. The summed E-state index contributed by atoms with van der Waals surface area (Å²) in [5.74, 6) is 0.326. The highest BCUT2D eigenvalue weighted by Crippen LogP contribution is 2.48. The van der Waals surface area contributed by atoms with Crippen molar-refractivity contribution in [3.63, 3.8) is 0 Å². The Balaban J connectivity index is 1.41. The van der Waals surface area contributed by atoms with Gasteiger partial charge in [0, 0.05) is 38.7 Å². The first-order valence-electron chi connectivity index (χ1n) is 26.7. The third-order valence-electron chi connectivity index (χ3n) is 18.2. The van der Waals surface area contributed by atoms with Crippen molar-refractivity contribution in [2.75, 3.05) is 13.7 Å². The molecule has 8 rings (SSSR count). The molecule has 394 valence electrons. The molecule has 0 N–H and O–H groups in total. The quantitative estimate of drug-likeness (QED) is 0.179. The van der Waals surface area contributed by atoms with E-state index in [9.17, 15) is 9.59 Å². The molecule has 8 bridgehead atoms. The molecule has 11 nitrogen and oxygen atoms in total. The summed E-state index contributed by atoms with van der Waals surface area (Å²) in [5, 5.41) is -0.377. The number of allylic oxidation sites excluding steroid dienone is 1. The molecular weight excluding hydrogens is 921 g/mol. The van der Waals surface area contributed by atoms with E-state index in [0.29, 0.717) is 45.1 Å². The van der Waals surface area contributed by atoms with Crippen molar-refractivity contribution in [2.24, 2.45) is 11.8 Å². The molecule has 0 radical (unpaired) electrons. The number of rotatable bonds is 7. The summed E-state index contributed by atoms with van der Waals surface area (Å²) in [5.41, 5.74) is 2.16. The minimum Gasteiger partial charge on any atom is -0.408 e. The van der Waals surface area contributed by atoms with E-state index in [1.54, 1.807) is 13.2 Å². The lowest BCUT2D eigenvalue weighted by Crippen LogP contribution is -2.69. The van der Waals surface area contributed by atoms with Gasteiger partial charge in [0.25, 0.3) is 0 Å². The van der Waals surface area contributed by atoms with Gasteiger partial charge in [-0.2, -0.15) is 0 Å². The predicted molar refractivity (Wildman–Crippen MR) is 282 cm³/mol. The van der Waals surface area contributed by atoms with Gasteiger partial charge in [-0.25, -0.2) is 0 Å². The first kappa shape index (κ1) is 57.1. The molecule has 0 aromatic heterocycles. The third-order valence-corrected chi connectivity index (χ3v) is 31.6. The van der Waals surface area contributed by atoms with Crippen LogP contribution in [-0.2, 0) is 51.3 Å². The molecule has 5 fully saturated rings. The summed E-state index contributed by atoms with van der Waals surface area (Å²) in [7, 11) is -5.80. The van der Waals surface area contributed by atoms with Crippen molar-refractivity contribution < 1.29 is 51.3 Å². The van der Waals surface area contributed by atoms with Crippen LogP contribution in [0.3, 0.4) is 0 Å². The van der Waals surface area contributed by atoms with Crippen LogP contribution in [0.1, 0.15) is 140 Å². The molecule has 0 amide bonds. The van der Waals surface area contributed by atoms with Crippen molar-refractivity contribution in [1.82, 2.24) is 0 Å². The van der Waals surface area contributed by atoms with Crippen LogP contribution in [0.5, 0.6) is 0 Å². The van der Waals surface area contributed by atoms with Crippen LogP contribution in [0.25, 0.3) is 0 Å². The van der Waals surface area contributed by atoms with Crippen LogP contribution in [0.15, 0.2) is 36.5 Å². The molecule has 0 aliphatic carbocycles. The zero-order valence-electron chi connectivity index (χ0n) is 46.2. The van der Waals surface area contributed by atoms with Gasteiger partial charge in [0.1, 0.15) is 30.2 Å². The maximum absolute atomic E-state index is 14.5. The van der Waals surface area contributed by atoms with E-state index >= 15 is 0 Å². The lowest BCUT2D eigenvalue weighted by Gasteiger charge is -2.56. The molecule has 15 atom stereocenters. The Bertz CT molecular complexity index is 1840. The minimum absolute atomic E-state index is 0.0252. The van der Waals surface area contributed by atoms with Crippen LogP contribution >= 0.6 is 0 Å². The molecule has 5 saturated heterocycles. The molecule has 14 heteroatoms. The molecule has 0 aromatic rings. The Morgan fingerprint density at radius 3 is 1.80 bits per heavy atom. The Morgan fingerprint density at radius 1 is 0.623 bits per heavy atom. The molecule has 8 aliphatic heterocycles. The van der Waals surface area contributed by atoms with E-state index < -0.39 is 55.5 Å². The second-order valence-corrected chi connectivity index (χ2v) is 40.7. The summed E-state index contributed by atoms with van der Waals surface area (Å²) in [4.78, 5) is 28.5. The molecule has 0 aromatic carbocycles. The third kappa shape index (κ3) is 13.6. The Morgan fingerprint density at radius 2 is 1.19 bits per heavy atom. The summed E-state index contributed by atoms with van der Waals surface area (Å²) < 4.78 is 63.3. The lowest BCUT2D eigenvalue weighted by molar-refractivity contribution is -0.266. The van der Waals surface area contributed by atoms with Crippen molar-refractivity contribution in [1.29, 1.82) is 0 Å². The highest BCUT2D eigenvalue weighted by molar-refractivity contribution is 6.75. The van der Waals surface area contributed by atoms with Crippen LogP contribution in [0.4, 0.5) is 0 Å². The van der Waals surface area contributed by atoms with Gasteiger partial charge in [-0.3, -0.25) is 9.59 Å². The average molecular weight is 1020 g/mol. The normalized spacial score (nSPS) is 38.1. The Hall–Kier alpha value is -1.15. The van der Waals surface area contributed by atoms with E-state index in [1.807, 2.05) is 6.08 Å². The van der Waals surface area contributed by atoms with Crippen LogP contribution in [0.2, 0.25) is 54.4 Å². The number of hydrogen-bond donors (Lipinski definition) is 0. The largest absolute Gasteiger partial charge is 0.408 e. The summed E-state index contributed by atoms with van der Waals surface area (Å²) in [6.07, 6.45) is 6.34. The predicted octanol–water partition coefficient (Wildman–Crippen LogP) is 12.0. The molecule has 69 heavy (non-hydrogen) atoms. The topological polar surface area (TPSA) is 117 Å². The molecule has 8 unspecified atom stereocenters. The number of hydrogen-bond acceptors (Lipinski definition) is 11. The minimum atomic E-state index is -2.53. The van der Waals surface area contributed by atoms with E-state index in [1.165, 1.54) is 0 Å². The van der Waals surface area contributed by atoms with Gasteiger partial charge in [0.15, 0.2) is 30.7 Å². The Kier molecular flexibility index (Phi) is 18.2. The van der Waals surface area contributed by atoms with Crippen molar-refractivity contribution in [3.8, 4) is 0 Å². The molecule has 0 spiro atoms. The molecule has 0 saturated carbocycles. The summed E-state index contributed by atoms with van der Waals surface area (Å²) in [6, 6.07) is 0. The Labute approximate surface area is 421 Å². The standard InChI is InChI=1S/C55H96O11Si3/c1-34-28-40-23-26-43-35(2)29-39(60-43)22-20-37(56)21-25-45(64-67(14,15)53(4,5)6)50-52(66-69(18,19)55(10,11)12)51(65-68(16,17)54(7,8)9)49-44(63-50)27-24-41(62-49)30-38(57)31-42-47(59-33-48(42)58-13)32-46(61-40)36(34)3/h21,25,34,39-52H,2-3,20,22-24,26-33H2,1,4-19H3/b25-21+/t34?,39?,40?,41-,42?,43+,44+,45?,46?,47+,48+,49?,50?,51+,52-/m1/s1. The van der Waals surface area contributed by atoms with E-state index in [0.717, 1.165) is 36.8 Å². The zero-order chi connectivity index (χ0) is 51.2. The highest BCUT2D eigenvalue weighted by atomic mass is 28.4. The number of ketones is 2. The zero-order valence-corrected chi connectivity index (χ0v) is 49.2. The number of carbonyl (C=O) groups is 2. The van der Waals surface area contributed by atoms with Gasteiger partial charge in [0.2, 0.25) is 0 Å². The fourth-order valence-electron chi connectivity index (χ4n) is 10.5. The van der Waals surface area contributed by atoms with Crippen LogP contribution in [-0.4, -0.2) is 130 Å². The number of ether oxygens (including phenoxy) is 6. The van der Waals surface area contributed by atoms with Gasteiger partial charge in [-0.05, 0) is 122 Å². The monoisotopic (exact) mass is 1020 g/mol. The van der Waals surface area contributed by atoms with Gasteiger partial charge < -0.3 is 41.7 Å². The van der Waals surface area contributed by atoms with Crippen molar-refractivity contribution in [3.05, 3.63) is 36.5 Å². The van der Waals surface area contributed by atoms with Gasteiger partial charge >= 0.3 is 0 Å². The average Bonchev–Trinajstić information content (AvgIpc) is 3.79. The van der Waals surface area contributed by atoms with E-state index in [2.05, 4.69) is 122 Å². The summed E-state index contributed by atoms with van der Waals surface area (Å²) in [6.45, 7) is 45.6. The first-order chi connectivity index (χ1) is 31.8. The van der Waals surface area contributed by atoms with E-state index in [-0.39, 0.29) is 93.8 Å². The lowest BCUT2D eigenvalue weighted by atomic mass is 9.82. The molecule has 8 heterocycles. The fourth-order valence-corrected chi connectivity index (χ4v) is 14.3. The SMILES string of the molecule is C=C1C(C)CC2CC[C@@H]3OC(CCC(=O)/C=C/C(O[Si](C)(C)C(C)(C)C)C4O[C@H]5CC[C@H](CC(=O)CC6[C@@H](OC)CO[C@H]6CC1O2)OC5[C@H](O[Si](C)(C)C(C)(C)C)[C@@H]4O[Si](C)(C)C(C)(C)C)CC3=C. The summed E-state index contributed by atoms with van der Waals surface area (Å²) >= 11 is 0. The van der Waals surface area contributed by atoms with Gasteiger partial charge in [-0.15, -0.1) is 0 Å². The van der Waals surface area contributed by atoms with Gasteiger partial charge in [-0.1, -0.05) is 88.5 Å². The maximum atomic E-state index is 14.5. The highest BCUT2D eigenvalue weighted by Gasteiger charge is 2.58. The van der Waals surface area contributed by atoms with Crippen LogP contribution in [0, 0.1) is 11.8 Å². The maximum Gasteiger partial charge on any atom is 0.193 e. The number of methoxy groups -OCH3 is 1. The van der Waals surface area contributed by atoms with Crippen LogP contribution < -0.4 is 0 Å². The van der Waals surface area contributed by atoms with Gasteiger partial charge in [0.05, 0.1) is 61.5 Å². The molecule has 8 aliphatic rings. The smallest absolute Gasteiger partial charge is 0.193 e.